The molecule has 150 valence electrons. The van der Waals surface area contributed by atoms with Crippen LogP contribution >= 0.6 is 0 Å². The fourth-order valence-corrected chi connectivity index (χ4v) is 1.72. The number of carbonyl (C=O) groups excluding carboxylic acids is 4. The van der Waals surface area contributed by atoms with Crippen molar-refractivity contribution in [2.45, 2.75) is 91.6 Å². The van der Waals surface area contributed by atoms with Gasteiger partial charge in [-0.15, -0.1) is 0 Å². The molecule has 0 aliphatic carbocycles. The minimum absolute atomic E-state index is 0.427. The highest BCUT2D eigenvalue weighted by atomic mass is 16.6. The molecule has 0 saturated carbocycles. The summed E-state index contributed by atoms with van der Waals surface area (Å²) >= 11 is 0. The molecular formula is C18H31NO7. The zero-order valence-corrected chi connectivity index (χ0v) is 17.2. The fraction of sp³-hybridized carbons (Fsp3) is 0.778. The summed E-state index contributed by atoms with van der Waals surface area (Å²) in [5.41, 5.74) is -2.71. The molecule has 0 heterocycles. The minimum atomic E-state index is -1.49. The van der Waals surface area contributed by atoms with E-state index in [0.29, 0.717) is 11.2 Å². The summed E-state index contributed by atoms with van der Waals surface area (Å²) < 4.78 is 15.6. The Morgan fingerprint density at radius 1 is 0.769 bits per heavy atom. The second-order valence-electron chi connectivity index (χ2n) is 8.78. The van der Waals surface area contributed by atoms with Crippen molar-refractivity contribution >= 4 is 24.4 Å². The number of hydrogen-bond acceptors (Lipinski definition) is 7. The van der Waals surface area contributed by atoms with Crippen molar-refractivity contribution in [3.63, 3.8) is 0 Å². The Labute approximate surface area is 155 Å². The van der Waals surface area contributed by atoms with E-state index in [0.717, 1.165) is 0 Å². The van der Waals surface area contributed by atoms with Crippen LogP contribution in [0.2, 0.25) is 0 Å². The molecule has 2 amide bonds. The molecule has 1 atom stereocenters. The molecule has 0 spiro atoms. The van der Waals surface area contributed by atoms with E-state index >= 15 is 0 Å². The third-order valence-electron chi connectivity index (χ3n) is 2.49. The average molecular weight is 373 g/mol. The van der Waals surface area contributed by atoms with E-state index in [1.807, 2.05) is 0 Å². The molecule has 0 aromatic carbocycles. The van der Waals surface area contributed by atoms with E-state index in [1.54, 1.807) is 62.3 Å². The summed E-state index contributed by atoms with van der Waals surface area (Å²) in [6, 6.07) is -1.49. The predicted octanol–water partition coefficient (Wildman–Crippen LogP) is 3.46. The first-order valence-electron chi connectivity index (χ1n) is 8.38. The van der Waals surface area contributed by atoms with Crippen LogP contribution in [0, 0.1) is 0 Å². The zero-order valence-electron chi connectivity index (χ0n) is 17.2. The monoisotopic (exact) mass is 373 g/mol. The summed E-state index contributed by atoms with van der Waals surface area (Å²) in [5, 5.41) is 0. The van der Waals surface area contributed by atoms with Crippen molar-refractivity contribution in [1.29, 1.82) is 0 Å². The number of amides is 2. The van der Waals surface area contributed by atoms with Crippen LogP contribution in [-0.4, -0.2) is 52.2 Å². The van der Waals surface area contributed by atoms with Crippen LogP contribution in [0.25, 0.3) is 0 Å². The topological polar surface area (TPSA) is 99.2 Å². The zero-order chi connectivity index (χ0) is 20.9. The number of aldehydes is 1. The van der Waals surface area contributed by atoms with E-state index in [1.165, 1.54) is 0 Å². The Bertz CT molecular complexity index is 507. The average Bonchev–Trinajstić information content (AvgIpc) is 2.31. The number of imide groups is 1. The Balaban J connectivity index is 5.87. The van der Waals surface area contributed by atoms with Gasteiger partial charge in [0.05, 0.1) is 0 Å². The van der Waals surface area contributed by atoms with Gasteiger partial charge in [0.2, 0.25) is 0 Å². The summed E-state index contributed by atoms with van der Waals surface area (Å²) in [7, 11) is 0. The molecule has 1 unspecified atom stereocenters. The lowest BCUT2D eigenvalue weighted by Gasteiger charge is -2.33. The second-order valence-corrected chi connectivity index (χ2v) is 8.78. The molecule has 8 heteroatoms. The SMILES string of the molecule is CC(C)(C)OC(=O)C(CC=O)N(C(=O)OC(C)(C)C)C(=O)OC(C)(C)C. The Morgan fingerprint density at radius 3 is 1.38 bits per heavy atom. The maximum atomic E-state index is 12.6. The molecular weight excluding hydrogens is 342 g/mol. The quantitative estimate of drug-likeness (QED) is 0.423. The molecule has 0 bridgehead atoms. The lowest BCUT2D eigenvalue weighted by Crippen LogP contribution is -2.53. The van der Waals surface area contributed by atoms with Crippen LogP contribution in [0.15, 0.2) is 0 Å². The maximum absolute atomic E-state index is 12.6. The predicted molar refractivity (Wildman–Crippen MR) is 94.6 cm³/mol. The molecule has 0 N–H and O–H groups in total. The lowest BCUT2D eigenvalue weighted by atomic mass is 10.1. The van der Waals surface area contributed by atoms with Gasteiger partial charge in [0, 0.05) is 6.42 Å². The van der Waals surface area contributed by atoms with Crippen LogP contribution in [0.4, 0.5) is 9.59 Å². The smallest absolute Gasteiger partial charge is 0.420 e. The van der Waals surface area contributed by atoms with Crippen LogP contribution in [0.5, 0.6) is 0 Å². The first-order valence-corrected chi connectivity index (χ1v) is 8.38. The van der Waals surface area contributed by atoms with Crippen molar-refractivity contribution in [3.8, 4) is 0 Å². The highest BCUT2D eigenvalue weighted by Gasteiger charge is 2.41. The largest absolute Gasteiger partial charge is 0.458 e. The van der Waals surface area contributed by atoms with Crippen LogP contribution in [-0.2, 0) is 23.8 Å². The standard InChI is InChI=1S/C18H31NO7/c1-16(2,3)24-13(21)12(10-11-20)19(14(22)25-17(4,5)6)15(23)26-18(7,8)9/h11-12H,10H2,1-9H3. The van der Waals surface area contributed by atoms with E-state index < -0.39 is 47.4 Å². The fourth-order valence-electron chi connectivity index (χ4n) is 1.72. The van der Waals surface area contributed by atoms with Crippen molar-refractivity contribution in [2.75, 3.05) is 0 Å². The Morgan fingerprint density at radius 2 is 1.12 bits per heavy atom. The van der Waals surface area contributed by atoms with Gasteiger partial charge in [-0.25, -0.2) is 14.4 Å². The van der Waals surface area contributed by atoms with E-state index in [9.17, 15) is 19.2 Å². The third kappa shape index (κ3) is 9.39. The van der Waals surface area contributed by atoms with Gasteiger partial charge < -0.3 is 19.0 Å². The molecule has 0 saturated heterocycles. The molecule has 26 heavy (non-hydrogen) atoms. The Hall–Kier alpha value is -2.12. The van der Waals surface area contributed by atoms with Gasteiger partial charge in [0.1, 0.15) is 23.1 Å². The normalized spacial score (nSPS) is 13.4. The molecule has 0 aromatic rings. The van der Waals surface area contributed by atoms with E-state index in [-0.39, 0.29) is 0 Å². The van der Waals surface area contributed by atoms with E-state index in [2.05, 4.69) is 0 Å². The van der Waals surface area contributed by atoms with Gasteiger partial charge in [-0.1, -0.05) is 0 Å². The highest BCUT2D eigenvalue weighted by molar-refractivity contribution is 5.95. The van der Waals surface area contributed by atoms with Gasteiger partial charge in [-0.2, -0.15) is 4.90 Å². The highest BCUT2D eigenvalue weighted by Crippen LogP contribution is 2.20. The number of rotatable bonds is 4. The van der Waals surface area contributed by atoms with Crippen molar-refractivity contribution in [3.05, 3.63) is 0 Å². The lowest BCUT2D eigenvalue weighted by molar-refractivity contribution is -0.161. The van der Waals surface area contributed by atoms with Crippen LogP contribution in [0.3, 0.4) is 0 Å². The number of carbonyl (C=O) groups is 4. The van der Waals surface area contributed by atoms with Crippen molar-refractivity contribution in [1.82, 2.24) is 4.90 Å². The van der Waals surface area contributed by atoms with Crippen molar-refractivity contribution < 1.29 is 33.4 Å². The second kappa shape index (κ2) is 8.51. The minimum Gasteiger partial charge on any atom is -0.458 e. The maximum Gasteiger partial charge on any atom is 0.420 e. The summed E-state index contributed by atoms with van der Waals surface area (Å²) in [6.07, 6.45) is -2.20. The molecule has 0 fully saturated rings. The summed E-state index contributed by atoms with van der Waals surface area (Å²) in [4.78, 5) is 49.2. The number of esters is 1. The van der Waals surface area contributed by atoms with Gasteiger partial charge in [-0.05, 0) is 62.3 Å². The molecule has 0 aliphatic rings. The molecule has 8 nitrogen and oxygen atoms in total. The van der Waals surface area contributed by atoms with Gasteiger partial charge in [-0.3, -0.25) is 0 Å². The molecule has 0 rings (SSSR count). The summed E-state index contributed by atoms with van der Waals surface area (Å²) in [5.74, 6) is -0.902. The van der Waals surface area contributed by atoms with E-state index in [4.69, 9.17) is 14.2 Å². The number of nitrogens with zero attached hydrogens (tertiary/aromatic N) is 1. The molecule has 0 radical (unpaired) electrons. The summed E-state index contributed by atoms with van der Waals surface area (Å²) in [6.45, 7) is 14.6. The van der Waals surface area contributed by atoms with Gasteiger partial charge in [0.15, 0.2) is 6.04 Å². The van der Waals surface area contributed by atoms with Crippen LogP contribution in [0.1, 0.15) is 68.7 Å². The third-order valence-corrected chi connectivity index (χ3v) is 2.49. The number of hydrogen-bond donors (Lipinski definition) is 0. The first kappa shape index (κ1) is 23.9. The Kier molecular flexibility index (Phi) is 7.81. The van der Waals surface area contributed by atoms with Gasteiger partial charge >= 0.3 is 18.2 Å². The van der Waals surface area contributed by atoms with Gasteiger partial charge in [0.25, 0.3) is 0 Å². The molecule has 0 aliphatic heterocycles. The van der Waals surface area contributed by atoms with Crippen molar-refractivity contribution in [2.24, 2.45) is 0 Å². The van der Waals surface area contributed by atoms with Crippen LogP contribution < -0.4 is 0 Å². The molecule has 0 aromatic heterocycles. The first-order chi connectivity index (χ1) is 11.5. The number of ether oxygens (including phenoxy) is 3.